The van der Waals surface area contributed by atoms with Gasteiger partial charge in [0.2, 0.25) is 0 Å². The molecule has 0 aromatic carbocycles. The lowest BCUT2D eigenvalue weighted by atomic mass is 10.1. The fourth-order valence-corrected chi connectivity index (χ4v) is 2.52. The molecule has 4 heteroatoms. The van der Waals surface area contributed by atoms with Crippen LogP contribution in [0.5, 0.6) is 0 Å². The Morgan fingerprint density at radius 2 is 2.00 bits per heavy atom. The van der Waals surface area contributed by atoms with Gasteiger partial charge in [0.25, 0.3) is 0 Å². The molecule has 0 saturated carbocycles. The molecule has 2 heterocycles. The highest BCUT2D eigenvalue weighted by molar-refractivity contribution is 8.01. The van der Waals surface area contributed by atoms with Crippen LogP contribution in [0.1, 0.15) is 5.56 Å². The molecular formula is C13H11N2S2. The Kier molecular flexibility index (Phi) is 4.64. The van der Waals surface area contributed by atoms with Crippen molar-refractivity contribution in [1.29, 1.82) is 0 Å². The molecule has 1 atom stereocenters. The Bertz CT molecular complexity index is 418. The number of thiocarbonyl (C=S) groups is 1. The minimum absolute atomic E-state index is 0.141. The van der Waals surface area contributed by atoms with E-state index >= 15 is 0 Å². The molecule has 1 unspecified atom stereocenters. The van der Waals surface area contributed by atoms with Gasteiger partial charge in [0, 0.05) is 24.0 Å². The maximum absolute atomic E-state index is 4.96. The van der Waals surface area contributed by atoms with Crippen molar-refractivity contribution in [3.63, 3.8) is 0 Å². The van der Waals surface area contributed by atoms with E-state index in [4.69, 9.17) is 12.2 Å². The lowest BCUT2D eigenvalue weighted by Crippen LogP contribution is -2.07. The van der Waals surface area contributed by atoms with Gasteiger partial charge in [0.05, 0.1) is 10.3 Å². The fraction of sp³-hybridized carbons (Fsp3) is 0.154. The van der Waals surface area contributed by atoms with E-state index in [2.05, 4.69) is 15.3 Å². The predicted molar refractivity (Wildman–Crippen MR) is 74.4 cm³/mol. The van der Waals surface area contributed by atoms with Crippen LogP contribution >= 0.6 is 24.0 Å². The molecule has 85 valence electrons. The van der Waals surface area contributed by atoms with Crippen molar-refractivity contribution < 1.29 is 0 Å². The Balaban J connectivity index is 2.01. The van der Waals surface area contributed by atoms with Crippen molar-refractivity contribution in [3.05, 3.63) is 54.5 Å². The van der Waals surface area contributed by atoms with Gasteiger partial charge < -0.3 is 0 Å². The summed E-state index contributed by atoms with van der Waals surface area (Å²) in [4.78, 5) is 8.27. The number of thioether (sulfide) groups is 1. The highest BCUT2D eigenvalue weighted by atomic mass is 32.2. The first-order valence-electron chi connectivity index (χ1n) is 5.23. The SMILES string of the molecule is S=[C]C(Cc1ccncc1)Sc1ccccn1. The lowest BCUT2D eigenvalue weighted by molar-refractivity contribution is 1.05. The normalized spacial score (nSPS) is 12.0. The van der Waals surface area contributed by atoms with Gasteiger partial charge in [-0.05, 0) is 36.2 Å². The Labute approximate surface area is 111 Å². The summed E-state index contributed by atoms with van der Waals surface area (Å²) >= 11 is 6.59. The molecular weight excluding hydrogens is 248 g/mol. The van der Waals surface area contributed by atoms with Gasteiger partial charge in [-0.2, -0.15) is 0 Å². The molecule has 2 aromatic heterocycles. The van der Waals surface area contributed by atoms with E-state index in [0.717, 1.165) is 11.4 Å². The van der Waals surface area contributed by atoms with Crippen LogP contribution < -0.4 is 0 Å². The van der Waals surface area contributed by atoms with Gasteiger partial charge in [0.15, 0.2) is 0 Å². The van der Waals surface area contributed by atoms with Crippen LogP contribution in [0, 0.1) is 0 Å². The first-order valence-corrected chi connectivity index (χ1v) is 6.51. The van der Waals surface area contributed by atoms with E-state index in [9.17, 15) is 0 Å². The standard InChI is InChI=1S/C13H11N2S2/c16-10-12(9-11-4-7-14-8-5-11)17-13-3-1-2-6-15-13/h1-8,12H,9H2. The minimum Gasteiger partial charge on any atom is -0.265 e. The zero-order valence-electron chi connectivity index (χ0n) is 9.11. The summed E-state index contributed by atoms with van der Waals surface area (Å²) in [5.74, 6) is 0. The second-order valence-electron chi connectivity index (χ2n) is 3.45. The molecule has 0 bridgehead atoms. The molecule has 0 aliphatic carbocycles. The summed E-state index contributed by atoms with van der Waals surface area (Å²) in [6.45, 7) is 0. The van der Waals surface area contributed by atoms with E-state index in [1.165, 1.54) is 5.56 Å². The molecule has 2 aromatic rings. The summed E-state index contributed by atoms with van der Waals surface area (Å²) < 4.78 is 0. The van der Waals surface area contributed by atoms with Gasteiger partial charge in [-0.15, -0.1) is 0 Å². The van der Waals surface area contributed by atoms with Crippen molar-refractivity contribution in [3.8, 4) is 0 Å². The number of pyridine rings is 2. The molecule has 17 heavy (non-hydrogen) atoms. The zero-order chi connectivity index (χ0) is 11.9. The van der Waals surface area contributed by atoms with E-state index in [-0.39, 0.29) is 5.25 Å². The van der Waals surface area contributed by atoms with Crippen LogP contribution in [-0.4, -0.2) is 20.6 Å². The first-order chi connectivity index (χ1) is 8.38. The van der Waals surface area contributed by atoms with Crippen molar-refractivity contribution in [2.75, 3.05) is 0 Å². The average Bonchev–Trinajstić information content (AvgIpc) is 2.40. The highest BCUT2D eigenvalue weighted by Crippen LogP contribution is 2.22. The third kappa shape index (κ3) is 3.91. The third-order valence-electron chi connectivity index (χ3n) is 2.20. The molecule has 0 spiro atoms. The van der Waals surface area contributed by atoms with Crippen molar-refractivity contribution >= 4 is 29.3 Å². The van der Waals surface area contributed by atoms with E-state index in [1.807, 2.05) is 30.3 Å². The van der Waals surface area contributed by atoms with Crippen LogP contribution in [0.2, 0.25) is 0 Å². The van der Waals surface area contributed by atoms with Gasteiger partial charge >= 0.3 is 0 Å². The monoisotopic (exact) mass is 259 g/mol. The molecule has 0 saturated heterocycles. The largest absolute Gasteiger partial charge is 0.265 e. The number of aromatic nitrogens is 2. The molecule has 0 N–H and O–H groups in total. The second-order valence-corrected chi connectivity index (χ2v) is 4.91. The van der Waals surface area contributed by atoms with Crippen molar-refractivity contribution in [1.82, 2.24) is 9.97 Å². The van der Waals surface area contributed by atoms with Gasteiger partial charge in [-0.3, -0.25) is 4.98 Å². The quantitative estimate of drug-likeness (QED) is 0.609. The van der Waals surface area contributed by atoms with E-state index in [1.54, 1.807) is 30.4 Å². The molecule has 1 radical (unpaired) electrons. The van der Waals surface area contributed by atoms with E-state index in [0.29, 0.717) is 0 Å². The van der Waals surface area contributed by atoms with Gasteiger partial charge in [-0.1, -0.05) is 30.0 Å². The van der Waals surface area contributed by atoms with Crippen LogP contribution in [-0.2, 0) is 6.42 Å². The first kappa shape index (κ1) is 12.2. The summed E-state index contributed by atoms with van der Waals surface area (Å²) in [6.07, 6.45) is 6.23. The maximum Gasteiger partial charge on any atom is 0.0966 e. The molecule has 0 amide bonds. The van der Waals surface area contributed by atoms with Crippen LogP contribution in [0.15, 0.2) is 53.9 Å². The van der Waals surface area contributed by atoms with Crippen LogP contribution in [0.25, 0.3) is 0 Å². The number of rotatable bonds is 5. The topological polar surface area (TPSA) is 25.8 Å². The molecule has 2 rings (SSSR count). The van der Waals surface area contributed by atoms with Crippen molar-refractivity contribution in [2.24, 2.45) is 0 Å². The smallest absolute Gasteiger partial charge is 0.0966 e. The number of hydrogen-bond acceptors (Lipinski definition) is 4. The molecule has 0 fully saturated rings. The Hall–Kier alpha value is -1.26. The Morgan fingerprint density at radius 1 is 1.18 bits per heavy atom. The summed E-state index contributed by atoms with van der Waals surface area (Å²) in [5.41, 5.74) is 1.21. The third-order valence-corrected chi connectivity index (χ3v) is 3.69. The number of nitrogens with zero attached hydrogens (tertiary/aromatic N) is 2. The molecule has 0 aliphatic rings. The maximum atomic E-state index is 4.96. The highest BCUT2D eigenvalue weighted by Gasteiger charge is 2.09. The Morgan fingerprint density at radius 3 is 2.65 bits per heavy atom. The van der Waals surface area contributed by atoms with Crippen LogP contribution in [0.3, 0.4) is 0 Å². The van der Waals surface area contributed by atoms with Gasteiger partial charge in [-0.25, -0.2) is 4.98 Å². The average molecular weight is 259 g/mol. The second kappa shape index (κ2) is 6.47. The summed E-state index contributed by atoms with van der Waals surface area (Å²) in [7, 11) is 0. The fourth-order valence-electron chi connectivity index (χ4n) is 1.40. The van der Waals surface area contributed by atoms with Crippen LogP contribution in [0.4, 0.5) is 0 Å². The summed E-state index contributed by atoms with van der Waals surface area (Å²) in [5, 5.41) is 4.00. The predicted octanol–water partition coefficient (Wildman–Crippen LogP) is 3.06. The van der Waals surface area contributed by atoms with Crippen molar-refractivity contribution in [2.45, 2.75) is 16.7 Å². The van der Waals surface area contributed by atoms with E-state index < -0.39 is 0 Å². The summed E-state index contributed by atoms with van der Waals surface area (Å²) in [6, 6.07) is 9.86. The molecule has 0 aliphatic heterocycles. The minimum atomic E-state index is 0.141. The number of hydrogen-bond donors (Lipinski definition) is 0. The van der Waals surface area contributed by atoms with Gasteiger partial charge in [0.1, 0.15) is 0 Å². The molecule has 2 nitrogen and oxygen atoms in total. The lowest BCUT2D eigenvalue weighted by Gasteiger charge is -2.09. The zero-order valence-corrected chi connectivity index (χ0v) is 10.7.